The van der Waals surface area contributed by atoms with E-state index in [4.69, 9.17) is 4.74 Å². The zero-order valence-electron chi connectivity index (χ0n) is 20.4. The van der Waals surface area contributed by atoms with Crippen molar-refractivity contribution < 1.29 is 14.6 Å². The van der Waals surface area contributed by atoms with Crippen LogP contribution in [-0.2, 0) is 0 Å². The summed E-state index contributed by atoms with van der Waals surface area (Å²) in [6, 6.07) is 15.3. The number of β-amino-alcohol motifs (C(OH)–C–C–N with tert-alkyl or cyclic N) is 1. The van der Waals surface area contributed by atoms with Crippen molar-refractivity contribution in [3.63, 3.8) is 0 Å². The van der Waals surface area contributed by atoms with Crippen molar-refractivity contribution >= 4 is 17.7 Å². The van der Waals surface area contributed by atoms with Crippen molar-refractivity contribution in [2.24, 2.45) is 11.8 Å². The predicted octanol–water partition coefficient (Wildman–Crippen LogP) is 4.77. The van der Waals surface area contributed by atoms with Crippen molar-refractivity contribution in [3.05, 3.63) is 59.7 Å². The Kier molecular flexibility index (Phi) is 8.92. The molecule has 1 aliphatic carbocycles. The van der Waals surface area contributed by atoms with E-state index in [1.807, 2.05) is 43.3 Å². The van der Waals surface area contributed by atoms with Crippen molar-refractivity contribution in [1.82, 2.24) is 10.2 Å². The van der Waals surface area contributed by atoms with Crippen LogP contribution in [0.2, 0.25) is 0 Å². The second kappa shape index (κ2) is 12.1. The second-order valence-electron chi connectivity index (χ2n) is 9.76. The predicted molar refractivity (Wildman–Crippen MR) is 139 cm³/mol. The number of nitrogens with zero attached hydrogens (tertiary/aromatic N) is 1. The van der Waals surface area contributed by atoms with E-state index in [1.165, 1.54) is 32.1 Å². The Morgan fingerprint density at radius 1 is 1.12 bits per heavy atom. The molecule has 2 N–H and O–H groups in total. The number of thioether (sulfide) groups is 1. The number of rotatable bonds is 9. The molecule has 1 saturated heterocycles. The number of ether oxygens (including phenoxy) is 1. The van der Waals surface area contributed by atoms with Gasteiger partial charge in [0.25, 0.3) is 5.91 Å². The molecule has 4 atom stereocenters. The fourth-order valence-electron chi connectivity index (χ4n) is 5.51. The number of carbonyl (C=O) groups is 1. The zero-order valence-corrected chi connectivity index (χ0v) is 21.2. The van der Waals surface area contributed by atoms with Gasteiger partial charge in [-0.25, -0.2) is 0 Å². The Labute approximate surface area is 208 Å². The van der Waals surface area contributed by atoms with E-state index in [9.17, 15) is 9.90 Å². The van der Waals surface area contributed by atoms with Gasteiger partial charge in [0.05, 0.1) is 19.3 Å². The van der Waals surface area contributed by atoms with Gasteiger partial charge in [0.15, 0.2) is 0 Å². The minimum atomic E-state index is -0.633. The Bertz CT molecular complexity index is 939. The minimum Gasteiger partial charge on any atom is -0.496 e. The summed E-state index contributed by atoms with van der Waals surface area (Å²) in [5.41, 5.74) is 1.40. The van der Waals surface area contributed by atoms with Crippen LogP contribution in [-0.4, -0.2) is 60.6 Å². The molecule has 1 aliphatic heterocycles. The maximum atomic E-state index is 13.2. The van der Waals surface area contributed by atoms with Gasteiger partial charge < -0.3 is 20.1 Å². The molecule has 0 bridgehead atoms. The van der Waals surface area contributed by atoms with Crippen molar-refractivity contribution in [2.45, 2.75) is 56.1 Å². The molecule has 1 heterocycles. The van der Waals surface area contributed by atoms with Gasteiger partial charge in [-0.3, -0.25) is 4.79 Å². The van der Waals surface area contributed by atoms with Gasteiger partial charge in [-0.05, 0) is 62.4 Å². The summed E-state index contributed by atoms with van der Waals surface area (Å²) in [5.74, 6) is 2.77. The first-order valence-electron chi connectivity index (χ1n) is 12.6. The highest BCUT2D eigenvalue weighted by Crippen LogP contribution is 2.36. The first kappa shape index (κ1) is 25.1. The summed E-state index contributed by atoms with van der Waals surface area (Å²) in [7, 11) is 1.61. The molecule has 2 fully saturated rings. The van der Waals surface area contributed by atoms with Crippen molar-refractivity contribution in [2.75, 3.05) is 32.5 Å². The fraction of sp³-hybridized carbons (Fsp3) is 0.536. The molecule has 1 amide bonds. The molecule has 4 rings (SSSR count). The van der Waals surface area contributed by atoms with Gasteiger partial charge in [-0.1, -0.05) is 43.5 Å². The maximum Gasteiger partial charge on any atom is 0.252 e. The van der Waals surface area contributed by atoms with Crippen LogP contribution < -0.4 is 10.1 Å². The number of hydrogen-bond donors (Lipinski definition) is 2. The summed E-state index contributed by atoms with van der Waals surface area (Å²) in [4.78, 5) is 16.8. The van der Waals surface area contributed by atoms with Crippen LogP contribution in [0.3, 0.4) is 0 Å². The Balaban J connectivity index is 1.44. The van der Waals surface area contributed by atoms with Gasteiger partial charge in [0.1, 0.15) is 5.75 Å². The van der Waals surface area contributed by atoms with Crippen molar-refractivity contribution in [1.29, 1.82) is 0 Å². The van der Waals surface area contributed by atoms with Gasteiger partial charge >= 0.3 is 0 Å². The van der Waals surface area contributed by atoms with Gasteiger partial charge in [-0.15, -0.1) is 11.8 Å². The topological polar surface area (TPSA) is 61.8 Å². The smallest absolute Gasteiger partial charge is 0.252 e. The molecule has 0 aromatic heterocycles. The van der Waals surface area contributed by atoms with Crippen molar-refractivity contribution in [3.8, 4) is 5.75 Å². The molecular weight excluding hydrogens is 444 g/mol. The standard InChI is InChI=1S/C28H38N2O3S/c1-20-24(13-8-14-27(20)33-2)28(32)29-25(19-34-23-11-4-3-5-12-23)26(31)18-30-16-15-21-9-6-7-10-22(21)17-30/h3-5,8,11-14,21-22,25-26,31H,6-7,9-10,15-19H2,1-2H3,(H,29,32). The van der Waals surface area contributed by atoms with E-state index in [2.05, 4.69) is 22.3 Å². The third-order valence-corrected chi connectivity index (χ3v) is 8.65. The number of fused-ring (bicyclic) bond motifs is 1. The molecule has 0 spiro atoms. The Morgan fingerprint density at radius 3 is 2.65 bits per heavy atom. The molecule has 6 heteroatoms. The summed E-state index contributed by atoms with van der Waals surface area (Å²) in [6.45, 7) is 4.61. The average Bonchev–Trinajstić information content (AvgIpc) is 2.87. The average molecular weight is 483 g/mol. The van der Waals surface area contributed by atoms with Crippen LogP contribution in [0.15, 0.2) is 53.4 Å². The van der Waals surface area contributed by atoms with E-state index in [0.29, 0.717) is 23.6 Å². The second-order valence-corrected chi connectivity index (χ2v) is 10.9. The summed E-state index contributed by atoms with van der Waals surface area (Å²) >= 11 is 1.67. The number of nitrogens with one attached hydrogen (secondary N) is 1. The minimum absolute atomic E-state index is 0.167. The van der Waals surface area contributed by atoms with Crippen LogP contribution >= 0.6 is 11.8 Å². The van der Waals surface area contributed by atoms with Crippen LogP contribution in [0.1, 0.15) is 48.0 Å². The molecule has 5 nitrogen and oxygen atoms in total. The molecule has 4 unspecified atom stereocenters. The molecule has 0 radical (unpaired) electrons. The molecule has 2 aliphatic rings. The normalized spacial score (nSPS) is 22.4. The van der Waals surface area contributed by atoms with E-state index < -0.39 is 6.10 Å². The number of carbonyl (C=O) groups excluding carboxylic acids is 1. The molecule has 2 aromatic rings. The monoisotopic (exact) mass is 482 g/mol. The molecular formula is C28H38N2O3S. The largest absolute Gasteiger partial charge is 0.496 e. The first-order valence-corrected chi connectivity index (χ1v) is 13.6. The highest BCUT2D eigenvalue weighted by molar-refractivity contribution is 7.99. The number of aliphatic hydroxyl groups is 1. The zero-order chi connectivity index (χ0) is 23.9. The summed E-state index contributed by atoms with van der Waals surface area (Å²) < 4.78 is 5.40. The number of benzene rings is 2. The molecule has 1 saturated carbocycles. The van der Waals surface area contributed by atoms with Crippen LogP contribution in [0.5, 0.6) is 5.75 Å². The van der Waals surface area contributed by atoms with E-state index >= 15 is 0 Å². The first-order chi connectivity index (χ1) is 16.5. The van der Waals surface area contributed by atoms with Gasteiger partial charge in [0.2, 0.25) is 0 Å². The lowest BCUT2D eigenvalue weighted by Crippen LogP contribution is -2.52. The van der Waals surface area contributed by atoms with Crippen LogP contribution in [0, 0.1) is 18.8 Å². The SMILES string of the molecule is COc1cccc(C(=O)NC(CSc2ccccc2)C(O)CN2CCC3CCCCC3C2)c1C. The van der Waals surface area contributed by atoms with Gasteiger partial charge in [-0.2, -0.15) is 0 Å². The molecule has 34 heavy (non-hydrogen) atoms. The van der Waals surface area contributed by atoms with E-state index in [0.717, 1.165) is 35.4 Å². The van der Waals surface area contributed by atoms with Gasteiger partial charge in [0, 0.05) is 34.9 Å². The molecule has 2 aromatic carbocycles. The number of hydrogen-bond acceptors (Lipinski definition) is 5. The molecule has 184 valence electrons. The third-order valence-electron chi connectivity index (χ3n) is 7.52. The number of amides is 1. The highest BCUT2D eigenvalue weighted by atomic mass is 32.2. The summed E-state index contributed by atoms with van der Waals surface area (Å²) in [5, 5.41) is 14.5. The lowest BCUT2D eigenvalue weighted by Gasteiger charge is -2.42. The quantitative estimate of drug-likeness (QED) is 0.504. The lowest BCUT2D eigenvalue weighted by atomic mass is 9.75. The summed E-state index contributed by atoms with van der Waals surface area (Å²) in [6.07, 6.45) is 5.99. The number of likely N-dealkylation sites (tertiary alicyclic amines) is 1. The number of piperidine rings is 1. The lowest BCUT2D eigenvalue weighted by molar-refractivity contribution is 0.0344. The van der Waals surface area contributed by atoms with E-state index in [1.54, 1.807) is 18.9 Å². The van der Waals surface area contributed by atoms with E-state index in [-0.39, 0.29) is 11.9 Å². The Hall–Kier alpha value is -2.02. The highest BCUT2D eigenvalue weighted by Gasteiger charge is 2.33. The fourth-order valence-corrected chi connectivity index (χ4v) is 6.54. The number of methoxy groups -OCH3 is 1. The maximum absolute atomic E-state index is 13.2. The van der Waals surface area contributed by atoms with Crippen LogP contribution in [0.25, 0.3) is 0 Å². The van der Waals surface area contributed by atoms with Crippen LogP contribution in [0.4, 0.5) is 0 Å². The Morgan fingerprint density at radius 2 is 1.88 bits per heavy atom. The number of aliphatic hydroxyl groups excluding tert-OH is 1. The third kappa shape index (κ3) is 6.35.